The Morgan fingerprint density at radius 3 is 2.62 bits per heavy atom. The first-order chi connectivity index (χ1) is 13.9. The van der Waals surface area contributed by atoms with Gasteiger partial charge in [-0.2, -0.15) is 9.40 Å². The fourth-order valence-electron chi connectivity index (χ4n) is 3.28. The van der Waals surface area contributed by atoms with Crippen molar-refractivity contribution in [2.45, 2.75) is 30.7 Å². The summed E-state index contributed by atoms with van der Waals surface area (Å²) >= 11 is 0. The molecule has 1 aliphatic heterocycles. The maximum absolute atomic E-state index is 13.0. The molecule has 0 radical (unpaired) electrons. The van der Waals surface area contributed by atoms with Gasteiger partial charge in [-0.1, -0.05) is 17.7 Å². The van der Waals surface area contributed by atoms with Crippen molar-refractivity contribution in [2.24, 2.45) is 0 Å². The molecule has 0 saturated carbocycles. The molecule has 0 bridgehead atoms. The molecule has 9 nitrogen and oxygen atoms in total. The van der Waals surface area contributed by atoms with Gasteiger partial charge >= 0.3 is 0 Å². The Balaban J connectivity index is 1.50. The molecule has 2 aromatic heterocycles. The summed E-state index contributed by atoms with van der Waals surface area (Å²) in [5, 5.41) is 6.76. The Morgan fingerprint density at radius 1 is 1.17 bits per heavy atom. The van der Waals surface area contributed by atoms with Crippen molar-refractivity contribution in [1.29, 1.82) is 0 Å². The molecule has 3 aromatic rings. The van der Waals surface area contributed by atoms with E-state index in [4.69, 9.17) is 0 Å². The molecular weight excluding hydrogens is 392 g/mol. The molecule has 4 rings (SSSR count). The lowest BCUT2D eigenvalue weighted by Crippen LogP contribution is -2.43. The van der Waals surface area contributed by atoms with E-state index in [0.717, 1.165) is 5.56 Å². The van der Waals surface area contributed by atoms with Crippen LogP contribution in [0.1, 0.15) is 18.4 Å². The summed E-state index contributed by atoms with van der Waals surface area (Å²) in [6.45, 7) is 2.21. The number of hydrogen-bond donors (Lipinski definition) is 1. The molecule has 1 N–H and O–H groups in total. The molecule has 1 amide bonds. The number of carbonyl (C=O) groups excluding carboxylic acids is 1. The number of anilines is 1. The number of pyridine rings is 1. The van der Waals surface area contributed by atoms with Crippen molar-refractivity contribution in [3.05, 3.63) is 60.8 Å². The number of aryl methyl sites for hydroxylation is 1. The lowest BCUT2D eigenvalue weighted by Gasteiger charge is -2.23. The zero-order valence-electron chi connectivity index (χ0n) is 15.8. The zero-order valence-corrected chi connectivity index (χ0v) is 16.6. The predicted octanol–water partition coefficient (Wildman–Crippen LogP) is 1.76. The van der Waals surface area contributed by atoms with Gasteiger partial charge < -0.3 is 5.32 Å². The molecule has 29 heavy (non-hydrogen) atoms. The number of sulfonamides is 1. The molecule has 1 aliphatic rings. The van der Waals surface area contributed by atoms with E-state index in [9.17, 15) is 13.2 Å². The van der Waals surface area contributed by atoms with Crippen molar-refractivity contribution >= 4 is 21.6 Å². The van der Waals surface area contributed by atoms with Gasteiger partial charge in [0.25, 0.3) is 0 Å². The highest BCUT2D eigenvalue weighted by Crippen LogP contribution is 2.27. The summed E-state index contributed by atoms with van der Waals surface area (Å²) in [6, 6.07) is 9.28. The summed E-state index contributed by atoms with van der Waals surface area (Å²) < 4.78 is 28.8. The Morgan fingerprint density at radius 2 is 1.97 bits per heavy atom. The lowest BCUT2D eigenvalue weighted by atomic mass is 10.2. The first-order valence-electron chi connectivity index (χ1n) is 9.15. The molecular formula is C19H20N6O3S. The number of carbonyl (C=O) groups is 1. The second kappa shape index (κ2) is 7.72. The minimum atomic E-state index is -3.74. The van der Waals surface area contributed by atoms with Gasteiger partial charge in [-0.15, -0.1) is 0 Å². The van der Waals surface area contributed by atoms with E-state index in [0.29, 0.717) is 30.9 Å². The van der Waals surface area contributed by atoms with E-state index in [1.165, 1.54) is 27.8 Å². The Bertz CT molecular complexity index is 1100. The average molecular weight is 412 g/mol. The van der Waals surface area contributed by atoms with Crippen LogP contribution in [0, 0.1) is 6.92 Å². The van der Waals surface area contributed by atoms with Crippen molar-refractivity contribution in [2.75, 3.05) is 11.9 Å². The lowest BCUT2D eigenvalue weighted by molar-refractivity contribution is -0.119. The molecule has 10 heteroatoms. The molecule has 150 valence electrons. The van der Waals surface area contributed by atoms with E-state index in [1.807, 2.05) is 6.92 Å². The van der Waals surface area contributed by atoms with Crippen LogP contribution in [0.5, 0.6) is 0 Å². The summed E-state index contributed by atoms with van der Waals surface area (Å²) in [6.07, 6.45) is 5.53. The number of nitrogens with zero attached hydrogens (tertiary/aromatic N) is 5. The van der Waals surface area contributed by atoms with Gasteiger partial charge in [-0.05, 0) is 44.0 Å². The highest BCUT2D eigenvalue weighted by Gasteiger charge is 2.39. The van der Waals surface area contributed by atoms with Gasteiger partial charge in [0.2, 0.25) is 15.9 Å². The van der Waals surface area contributed by atoms with Crippen molar-refractivity contribution < 1.29 is 13.2 Å². The van der Waals surface area contributed by atoms with Gasteiger partial charge in [0, 0.05) is 6.54 Å². The van der Waals surface area contributed by atoms with Crippen LogP contribution in [0.4, 0.5) is 5.69 Å². The predicted molar refractivity (Wildman–Crippen MR) is 106 cm³/mol. The summed E-state index contributed by atoms with van der Waals surface area (Å²) in [5.74, 6) is 0.193. The SMILES string of the molecule is Cc1ccc(S(=O)(=O)N2CCC[C@H]2C(=O)Nc2ccc(-n3cncn3)nc2)cc1. The monoisotopic (exact) mass is 412 g/mol. The summed E-state index contributed by atoms with van der Waals surface area (Å²) in [5.41, 5.74) is 1.46. The van der Waals surface area contributed by atoms with Crippen molar-refractivity contribution in [1.82, 2.24) is 24.1 Å². The largest absolute Gasteiger partial charge is 0.323 e. The topological polar surface area (TPSA) is 110 Å². The summed E-state index contributed by atoms with van der Waals surface area (Å²) in [7, 11) is -3.74. The summed E-state index contributed by atoms with van der Waals surface area (Å²) in [4.78, 5) is 21.1. The standard InChI is InChI=1S/C19H20N6O3S/c1-14-4-7-16(8-5-14)29(27,28)25-10-2-3-17(25)19(26)23-15-6-9-18(21-11-15)24-13-20-12-22-24/h4-9,11-13,17H,2-3,10H2,1H3,(H,23,26)/t17-/m0/s1. The van der Waals surface area contributed by atoms with Gasteiger partial charge in [0.1, 0.15) is 18.7 Å². The number of benzene rings is 1. The van der Waals surface area contributed by atoms with E-state index in [1.54, 1.807) is 36.4 Å². The maximum Gasteiger partial charge on any atom is 0.243 e. The average Bonchev–Trinajstić information content (AvgIpc) is 3.41. The third-order valence-electron chi connectivity index (χ3n) is 4.80. The number of amides is 1. The van der Waals surface area contributed by atoms with E-state index < -0.39 is 16.1 Å². The molecule has 0 spiro atoms. The third-order valence-corrected chi connectivity index (χ3v) is 6.73. The number of hydrogen-bond acceptors (Lipinski definition) is 6. The molecule has 0 aliphatic carbocycles. The van der Waals surface area contributed by atoms with Gasteiger partial charge in [0.15, 0.2) is 5.82 Å². The Kier molecular flexibility index (Phi) is 5.12. The first kappa shape index (κ1) is 19.2. The molecule has 1 saturated heterocycles. The second-order valence-corrected chi connectivity index (χ2v) is 8.71. The van der Waals surface area contributed by atoms with Crippen LogP contribution in [0.2, 0.25) is 0 Å². The number of rotatable bonds is 5. The third kappa shape index (κ3) is 3.89. The Labute approximate surface area is 168 Å². The van der Waals surface area contributed by atoms with Crippen LogP contribution in [0.3, 0.4) is 0 Å². The number of nitrogens with one attached hydrogen (secondary N) is 1. The normalized spacial score (nSPS) is 17.3. The van der Waals surface area contributed by atoms with E-state index in [2.05, 4.69) is 20.4 Å². The van der Waals surface area contributed by atoms with Gasteiger partial charge in [0.05, 0.1) is 16.8 Å². The molecule has 0 unspecified atom stereocenters. The Hall–Kier alpha value is -3.11. The van der Waals surface area contributed by atoms with E-state index in [-0.39, 0.29) is 10.8 Å². The zero-order chi connectivity index (χ0) is 20.4. The molecule has 1 atom stereocenters. The molecule has 1 fully saturated rings. The van der Waals surface area contributed by atoms with Crippen LogP contribution >= 0.6 is 0 Å². The van der Waals surface area contributed by atoms with Gasteiger partial charge in [-0.3, -0.25) is 4.79 Å². The van der Waals surface area contributed by atoms with Crippen LogP contribution in [-0.4, -0.2) is 51.0 Å². The molecule has 3 heterocycles. The minimum absolute atomic E-state index is 0.196. The first-order valence-corrected chi connectivity index (χ1v) is 10.6. The second-order valence-electron chi connectivity index (χ2n) is 6.82. The number of aromatic nitrogens is 4. The van der Waals surface area contributed by atoms with Crippen molar-refractivity contribution in [3.63, 3.8) is 0 Å². The van der Waals surface area contributed by atoms with E-state index >= 15 is 0 Å². The minimum Gasteiger partial charge on any atom is -0.323 e. The van der Waals surface area contributed by atoms with Gasteiger partial charge in [-0.25, -0.2) is 23.1 Å². The van der Waals surface area contributed by atoms with Crippen molar-refractivity contribution in [3.8, 4) is 5.82 Å². The quantitative estimate of drug-likeness (QED) is 0.684. The maximum atomic E-state index is 13.0. The fourth-order valence-corrected chi connectivity index (χ4v) is 4.94. The van der Waals surface area contributed by atoms with Crippen LogP contribution < -0.4 is 5.32 Å². The van der Waals surface area contributed by atoms with Crippen LogP contribution in [-0.2, 0) is 14.8 Å². The van der Waals surface area contributed by atoms with Crippen LogP contribution in [0.15, 0.2) is 60.1 Å². The highest BCUT2D eigenvalue weighted by atomic mass is 32.2. The highest BCUT2D eigenvalue weighted by molar-refractivity contribution is 7.89. The molecule has 1 aromatic carbocycles. The smallest absolute Gasteiger partial charge is 0.243 e. The van der Waals surface area contributed by atoms with Crippen LogP contribution in [0.25, 0.3) is 5.82 Å². The fraction of sp³-hybridized carbons (Fsp3) is 0.263.